The molecule has 1 aliphatic heterocycles. The number of nitrogens with zero attached hydrogens (tertiary/aromatic N) is 1. The summed E-state index contributed by atoms with van der Waals surface area (Å²) in [6, 6.07) is 17.5. The van der Waals surface area contributed by atoms with Crippen LogP contribution in [0.15, 0.2) is 54.6 Å². The summed E-state index contributed by atoms with van der Waals surface area (Å²) in [7, 11) is 0. The molecule has 5 nitrogen and oxygen atoms in total. The van der Waals surface area contributed by atoms with Crippen LogP contribution in [0.4, 0.5) is 5.69 Å². The molecule has 1 saturated heterocycles. The van der Waals surface area contributed by atoms with Gasteiger partial charge in [0.1, 0.15) is 11.5 Å². The second-order valence-corrected chi connectivity index (χ2v) is 7.57. The van der Waals surface area contributed by atoms with Crippen molar-refractivity contribution in [2.75, 3.05) is 38.2 Å². The molecule has 144 valence electrons. The summed E-state index contributed by atoms with van der Waals surface area (Å²) < 4.78 is 11.2. The van der Waals surface area contributed by atoms with E-state index in [1.165, 1.54) is 0 Å². The molecule has 0 spiro atoms. The zero-order valence-electron chi connectivity index (χ0n) is 15.9. The molecule has 0 unspecified atom stereocenters. The Morgan fingerprint density at radius 2 is 1.67 bits per heavy atom. The van der Waals surface area contributed by atoms with Crippen LogP contribution in [0.25, 0.3) is 0 Å². The van der Waals surface area contributed by atoms with Crippen molar-refractivity contribution in [3.8, 4) is 11.5 Å². The highest BCUT2D eigenvalue weighted by Gasteiger charge is 2.28. The first-order valence-electron chi connectivity index (χ1n) is 9.23. The van der Waals surface area contributed by atoms with Gasteiger partial charge in [0, 0.05) is 30.9 Å². The van der Waals surface area contributed by atoms with Gasteiger partial charge in [-0.1, -0.05) is 18.2 Å². The van der Waals surface area contributed by atoms with E-state index in [9.17, 15) is 0 Å². The van der Waals surface area contributed by atoms with Crippen molar-refractivity contribution in [1.82, 2.24) is 10.2 Å². The molecule has 1 heterocycles. The number of anilines is 1. The molecule has 2 aromatic rings. The fourth-order valence-electron chi connectivity index (χ4n) is 2.98. The first-order valence-corrected chi connectivity index (χ1v) is 9.64. The number of ether oxygens (including phenoxy) is 2. The normalized spacial score (nSPS) is 15.2. The third-order valence-electron chi connectivity index (χ3n) is 4.64. The van der Waals surface area contributed by atoms with E-state index in [-0.39, 0.29) is 5.54 Å². The van der Waals surface area contributed by atoms with Crippen LogP contribution >= 0.6 is 12.2 Å². The number of thiocarbonyl (C=S) groups is 1. The average molecular weight is 386 g/mol. The summed E-state index contributed by atoms with van der Waals surface area (Å²) in [5, 5.41) is 7.18. The second-order valence-electron chi connectivity index (χ2n) is 7.16. The lowest BCUT2D eigenvalue weighted by atomic mass is 10.0. The van der Waals surface area contributed by atoms with Gasteiger partial charge in [0.25, 0.3) is 0 Å². The Morgan fingerprint density at radius 3 is 2.33 bits per heavy atom. The van der Waals surface area contributed by atoms with Crippen molar-refractivity contribution in [2.45, 2.75) is 19.4 Å². The minimum Gasteiger partial charge on any atom is -0.457 e. The third-order valence-corrected chi connectivity index (χ3v) is 4.89. The van der Waals surface area contributed by atoms with Crippen molar-refractivity contribution in [3.05, 3.63) is 54.6 Å². The zero-order chi connectivity index (χ0) is 19.1. The number of morpholine rings is 1. The lowest BCUT2D eigenvalue weighted by Crippen LogP contribution is -2.55. The quantitative estimate of drug-likeness (QED) is 0.736. The minimum atomic E-state index is 0.0168. The van der Waals surface area contributed by atoms with E-state index in [0.717, 1.165) is 50.0 Å². The van der Waals surface area contributed by atoms with Crippen LogP contribution in [0, 0.1) is 0 Å². The largest absolute Gasteiger partial charge is 0.457 e. The molecule has 0 bridgehead atoms. The van der Waals surface area contributed by atoms with Crippen molar-refractivity contribution < 1.29 is 9.47 Å². The molecule has 2 aromatic carbocycles. The molecular weight excluding hydrogens is 358 g/mol. The highest BCUT2D eigenvalue weighted by Crippen LogP contribution is 2.22. The predicted molar refractivity (Wildman–Crippen MR) is 114 cm³/mol. The van der Waals surface area contributed by atoms with Gasteiger partial charge in [0.2, 0.25) is 0 Å². The molecule has 3 rings (SSSR count). The molecule has 1 aliphatic rings. The van der Waals surface area contributed by atoms with Gasteiger partial charge in [0.15, 0.2) is 5.11 Å². The maximum Gasteiger partial charge on any atom is 0.170 e. The van der Waals surface area contributed by atoms with Crippen molar-refractivity contribution in [2.24, 2.45) is 0 Å². The maximum atomic E-state index is 5.81. The molecule has 0 saturated carbocycles. The van der Waals surface area contributed by atoms with E-state index in [4.69, 9.17) is 21.7 Å². The monoisotopic (exact) mass is 385 g/mol. The van der Waals surface area contributed by atoms with E-state index >= 15 is 0 Å². The smallest absolute Gasteiger partial charge is 0.170 e. The molecule has 0 aromatic heterocycles. The van der Waals surface area contributed by atoms with Gasteiger partial charge >= 0.3 is 0 Å². The number of benzene rings is 2. The Kier molecular flexibility index (Phi) is 6.66. The second kappa shape index (κ2) is 9.17. The molecule has 27 heavy (non-hydrogen) atoms. The van der Waals surface area contributed by atoms with Crippen molar-refractivity contribution in [3.63, 3.8) is 0 Å². The van der Waals surface area contributed by atoms with Crippen LogP contribution in [-0.2, 0) is 4.74 Å². The standard InChI is InChI=1S/C21H27N3O2S/c1-21(2,24-12-14-25-15-13-24)16-22-20(27)23-17-8-10-19(11-9-17)26-18-6-4-3-5-7-18/h3-11H,12-16H2,1-2H3,(H2,22,23,27). The van der Waals surface area contributed by atoms with E-state index in [2.05, 4.69) is 29.4 Å². The highest BCUT2D eigenvalue weighted by atomic mass is 32.1. The highest BCUT2D eigenvalue weighted by molar-refractivity contribution is 7.80. The Hall–Kier alpha value is -2.15. The minimum absolute atomic E-state index is 0.0168. The predicted octanol–water partition coefficient (Wildman–Crippen LogP) is 3.88. The summed E-state index contributed by atoms with van der Waals surface area (Å²) in [4.78, 5) is 2.43. The molecular formula is C21H27N3O2S. The number of hydrogen-bond donors (Lipinski definition) is 2. The average Bonchev–Trinajstić information content (AvgIpc) is 2.70. The fourth-order valence-corrected chi connectivity index (χ4v) is 3.17. The van der Waals surface area contributed by atoms with Crippen LogP contribution < -0.4 is 15.4 Å². The summed E-state index contributed by atoms with van der Waals surface area (Å²) in [5.74, 6) is 1.61. The topological polar surface area (TPSA) is 45.8 Å². The maximum absolute atomic E-state index is 5.81. The van der Waals surface area contributed by atoms with E-state index in [0.29, 0.717) is 5.11 Å². The summed E-state index contributed by atoms with van der Waals surface area (Å²) >= 11 is 5.45. The Balaban J connectivity index is 1.47. The Bertz CT molecular complexity index is 729. The number of rotatable bonds is 6. The van der Waals surface area contributed by atoms with Gasteiger partial charge in [-0.05, 0) is 62.5 Å². The molecule has 0 atom stereocenters. The van der Waals surface area contributed by atoms with Crippen LogP contribution in [0.2, 0.25) is 0 Å². The first-order chi connectivity index (χ1) is 13.0. The van der Waals surface area contributed by atoms with Crippen LogP contribution in [0.3, 0.4) is 0 Å². The van der Waals surface area contributed by atoms with Crippen LogP contribution in [0.1, 0.15) is 13.8 Å². The molecule has 0 radical (unpaired) electrons. The number of para-hydroxylation sites is 1. The number of hydrogen-bond acceptors (Lipinski definition) is 4. The van der Waals surface area contributed by atoms with Crippen LogP contribution in [-0.4, -0.2) is 48.4 Å². The summed E-state index contributed by atoms with van der Waals surface area (Å²) in [6.07, 6.45) is 0. The molecule has 0 aliphatic carbocycles. The lowest BCUT2D eigenvalue weighted by molar-refractivity contribution is -0.00823. The van der Waals surface area contributed by atoms with E-state index in [1.807, 2.05) is 54.6 Å². The van der Waals surface area contributed by atoms with Crippen molar-refractivity contribution in [1.29, 1.82) is 0 Å². The van der Waals surface area contributed by atoms with Gasteiger partial charge in [-0.15, -0.1) is 0 Å². The van der Waals surface area contributed by atoms with Crippen molar-refractivity contribution >= 4 is 23.0 Å². The van der Waals surface area contributed by atoms with Gasteiger partial charge < -0.3 is 20.1 Å². The Labute approximate surface area is 166 Å². The van der Waals surface area contributed by atoms with E-state index < -0.39 is 0 Å². The SMILES string of the molecule is CC(C)(CNC(=S)Nc1ccc(Oc2ccccc2)cc1)N1CCOCC1. The zero-order valence-corrected chi connectivity index (χ0v) is 16.7. The van der Waals surface area contributed by atoms with Crippen LogP contribution in [0.5, 0.6) is 11.5 Å². The summed E-state index contributed by atoms with van der Waals surface area (Å²) in [6.45, 7) is 8.73. The molecule has 2 N–H and O–H groups in total. The van der Waals surface area contributed by atoms with Gasteiger partial charge in [-0.25, -0.2) is 0 Å². The summed E-state index contributed by atoms with van der Waals surface area (Å²) in [5.41, 5.74) is 0.945. The van der Waals surface area contributed by atoms with Gasteiger partial charge in [-0.2, -0.15) is 0 Å². The van der Waals surface area contributed by atoms with E-state index in [1.54, 1.807) is 0 Å². The van der Waals surface area contributed by atoms with Gasteiger partial charge in [0.05, 0.1) is 13.2 Å². The Morgan fingerprint density at radius 1 is 1.04 bits per heavy atom. The van der Waals surface area contributed by atoms with Gasteiger partial charge in [-0.3, -0.25) is 4.90 Å². The lowest BCUT2D eigenvalue weighted by Gasteiger charge is -2.41. The molecule has 0 amide bonds. The number of nitrogens with one attached hydrogen (secondary N) is 2. The fraction of sp³-hybridized carbons (Fsp3) is 0.381. The third kappa shape index (κ3) is 5.92. The molecule has 1 fully saturated rings. The molecule has 6 heteroatoms. The first kappa shape index (κ1) is 19.6.